The zero-order chi connectivity index (χ0) is 22.7. The summed E-state index contributed by atoms with van der Waals surface area (Å²) in [5.74, 6) is 1.69. The minimum absolute atomic E-state index is 0.0987. The average Bonchev–Trinajstić information content (AvgIpc) is 2.69. The SMILES string of the molecule is CCNC(=NCc1ccc(S(=O)(=O)N(C)C(C)C)cc1)NCC(CCO)CC(C)C. The third-order valence-electron chi connectivity index (χ3n) is 4.99. The van der Waals surface area contributed by atoms with Gasteiger partial charge in [-0.1, -0.05) is 26.0 Å². The van der Waals surface area contributed by atoms with Crippen LogP contribution in [0.4, 0.5) is 0 Å². The van der Waals surface area contributed by atoms with Gasteiger partial charge in [0.15, 0.2) is 5.96 Å². The van der Waals surface area contributed by atoms with E-state index in [0.717, 1.165) is 37.5 Å². The third kappa shape index (κ3) is 8.62. The van der Waals surface area contributed by atoms with E-state index in [1.807, 2.05) is 20.8 Å². The molecule has 8 heteroatoms. The summed E-state index contributed by atoms with van der Waals surface area (Å²) in [6, 6.07) is 6.79. The summed E-state index contributed by atoms with van der Waals surface area (Å²) in [6.45, 7) is 12.2. The van der Waals surface area contributed by atoms with Gasteiger partial charge in [-0.25, -0.2) is 13.4 Å². The van der Waals surface area contributed by atoms with Crippen molar-refractivity contribution in [2.24, 2.45) is 16.8 Å². The van der Waals surface area contributed by atoms with Gasteiger partial charge in [-0.3, -0.25) is 0 Å². The van der Waals surface area contributed by atoms with Crippen LogP contribution in [0.15, 0.2) is 34.2 Å². The molecule has 7 nitrogen and oxygen atoms in total. The topological polar surface area (TPSA) is 94.0 Å². The van der Waals surface area contributed by atoms with E-state index < -0.39 is 10.0 Å². The van der Waals surface area contributed by atoms with E-state index in [-0.39, 0.29) is 17.5 Å². The molecule has 0 radical (unpaired) electrons. The van der Waals surface area contributed by atoms with Gasteiger partial charge in [0.2, 0.25) is 10.0 Å². The molecular formula is C22H40N4O3S. The van der Waals surface area contributed by atoms with E-state index in [2.05, 4.69) is 29.5 Å². The average molecular weight is 441 g/mol. The second kappa shape index (κ2) is 12.9. The van der Waals surface area contributed by atoms with Gasteiger partial charge < -0.3 is 15.7 Å². The van der Waals surface area contributed by atoms with E-state index in [1.165, 1.54) is 4.31 Å². The minimum atomic E-state index is -3.48. The molecule has 0 aliphatic rings. The van der Waals surface area contributed by atoms with Crippen molar-refractivity contribution in [1.82, 2.24) is 14.9 Å². The second-order valence-electron chi connectivity index (χ2n) is 8.34. The zero-order valence-electron chi connectivity index (χ0n) is 19.4. The first-order chi connectivity index (χ1) is 14.1. The zero-order valence-corrected chi connectivity index (χ0v) is 20.2. The molecule has 1 aromatic carbocycles. The Morgan fingerprint density at radius 2 is 1.77 bits per heavy atom. The first kappa shape index (κ1) is 26.4. The van der Waals surface area contributed by atoms with Crippen LogP contribution in [0, 0.1) is 11.8 Å². The Morgan fingerprint density at radius 1 is 1.13 bits per heavy atom. The number of aliphatic imine (C=N–C) groups is 1. The molecule has 0 saturated heterocycles. The van der Waals surface area contributed by atoms with Gasteiger partial charge in [0.05, 0.1) is 11.4 Å². The molecule has 1 rings (SSSR count). The molecule has 0 fully saturated rings. The third-order valence-corrected chi connectivity index (χ3v) is 7.04. The number of aliphatic hydroxyl groups excluding tert-OH is 1. The van der Waals surface area contributed by atoms with Crippen LogP contribution in [0.1, 0.15) is 53.0 Å². The van der Waals surface area contributed by atoms with Gasteiger partial charge >= 0.3 is 0 Å². The Morgan fingerprint density at radius 3 is 2.27 bits per heavy atom. The molecule has 172 valence electrons. The maximum atomic E-state index is 12.6. The first-order valence-electron chi connectivity index (χ1n) is 10.8. The smallest absolute Gasteiger partial charge is 0.243 e. The van der Waals surface area contributed by atoms with Crippen molar-refractivity contribution in [1.29, 1.82) is 0 Å². The fraction of sp³-hybridized carbons (Fsp3) is 0.682. The van der Waals surface area contributed by atoms with E-state index in [9.17, 15) is 13.5 Å². The molecule has 0 amide bonds. The lowest BCUT2D eigenvalue weighted by atomic mass is 9.94. The maximum absolute atomic E-state index is 12.6. The Balaban J connectivity index is 2.80. The Kier molecular flexibility index (Phi) is 11.4. The summed E-state index contributed by atoms with van der Waals surface area (Å²) in [5, 5.41) is 15.9. The maximum Gasteiger partial charge on any atom is 0.243 e. The quantitative estimate of drug-likeness (QED) is 0.343. The number of nitrogens with one attached hydrogen (secondary N) is 2. The molecule has 1 aromatic rings. The summed E-state index contributed by atoms with van der Waals surface area (Å²) < 4.78 is 26.5. The molecule has 0 bridgehead atoms. The van der Waals surface area contributed by atoms with Crippen molar-refractivity contribution in [2.45, 2.75) is 64.9 Å². The van der Waals surface area contributed by atoms with Crippen molar-refractivity contribution in [2.75, 3.05) is 26.7 Å². The molecule has 0 aliphatic carbocycles. The van der Waals surface area contributed by atoms with E-state index >= 15 is 0 Å². The highest BCUT2D eigenvalue weighted by atomic mass is 32.2. The van der Waals surface area contributed by atoms with Gasteiger partial charge in [0.1, 0.15) is 0 Å². The lowest BCUT2D eigenvalue weighted by Gasteiger charge is -2.21. The fourth-order valence-electron chi connectivity index (χ4n) is 3.12. The highest BCUT2D eigenvalue weighted by molar-refractivity contribution is 7.89. The van der Waals surface area contributed by atoms with Crippen LogP contribution < -0.4 is 10.6 Å². The Labute approximate surface area is 183 Å². The summed E-state index contributed by atoms with van der Waals surface area (Å²) in [7, 11) is -1.88. The van der Waals surface area contributed by atoms with Crippen LogP contribution in [0.3, 0.4) is 0 Å². The fourth-order valence-corrected chi connectivity index (χ4v) is 4.48. The van der Waals surface area contributed by atoms with E-state index in [4.69, 9.17) is 0 Å². The van der Waals surface area contributed by atoms with Crippen LogP contribution in [0.25, 0.3) is 0 Å². The summed E-state index contributed by atoms with van der Waals surface area (Å²) in [5.41, 5.74) is 0.937. The number of sulfonamides is 1. The summed E-state index contributed by atoms with van der Waals surface area (Å²) in [6.07, 6.45) is 1.82. The molecule has 0 aromatic heterocycles. The van der Waals surface area contributed by atoms with Crippen LogP contribution in [-0.2, 0) is 16.6 Å². The van der Waals surface area contributed by atoms with Gasteiger partial charge in [-0.15, -0.1) is 0 Å². The molecule has 1 unspecified atom stereocenters. The highest BCUT2D eigenvalue weighted by Crippen LogP contribution is 2.17. The highest BCUT2D eigenvalue weighted by Gasteiger charge is 2.22. The first-order valence-corrected chi connectivity index (χ1v) is 12.3. The van der Waals surface area contributed by atoms with Gasteiger partial charge in [-0.2, -0.15) is 4.31 Å². The predicted molar refractivity (Wildman–Crippen MR) is 124 cm³/mol. The number of guanidine groups is 1. The molecule has 30 heavy (non-hydrogen) atoms. The number of rotatable bonds is 12. The Bertz CT molecular complexity index is 746. The predicted octanol–water partition coefficient (Wildman–Crippen LogP) is 2.82. The number of hydrogen-bond acceptors (Lipinski definition) is 4. The van der Waals surface area contributed by atoms with E-state index in [1.54, 1.807) is 31.3 Å². The molecule has 0 heterocycles. The summed E-state index contributed by atoms with van der Waals surface area (Å²) >= 11 is 0. The van der Waals surface area contributed by atoms with Crippen molar-refractivity contribution < 1.29 is 13.5 Å². The molecule has 0 saturated carbocycles. The van der Waals surface area contributed by atoms with E-state index in [0.29, 0.717) is 18.4 Å². The number of aliphatic hydroxyl groups is 1. The lowest BCUT2D eigenvalue weighted by molar-refractivity contribution is 0.243. The number of nitrogens with zero attached hydrogens (tertiary/aromatic N) is 2. The van der Waals surface area contributed by atoms with Crippen molar-refractivity contribution >= 4 is 16.0 Å². The second-order valence-corrected chi connectivity index (χ2v) is 10.3. The van der Waals surface area contributed by atoms with Crippen LogP contribution in [-0.4, -0.2) is 56.6 Å². The minimum Gasteiger partial charge on any atom is -0.396 e. The molecule has 0 aliphatic heterocycles. The molecule has 0 spiro atoms. The monoisotopic (exact) mass is 440 g/mol. The number of hydrogen-bond donors (Lipinski definition) is 3. The van der Waals surface area contributed by atoms with Crippen LogP contribution >= 0.6 is 0 Å². The van der Waals surface area contributed by atoms with Crippen LogP contribution in [0.2, 0.25) is 0 Å². The van der Waals surface area contributed by atoms with Crippen molar-refractivity contribution in [3.8, 4) is 0 Å². The lowest BCUT2D eigenvalue weighted by Crippen LogP contribution is -2.40. The number of benzene rings is 1. The van der Waals surface area contributed by atoms with Gasteiger partial charge in [0.25, 0.3) is 0 Å². The van der Waals surface area contributed by atoms with Crippen LogP contribution in [0.5, 0.6) is 0 Å². The van der Waals surface area contributed by atoms with Crippen molar-refractivity contribution in [3.63, 3.8) is 0 Å². The molecule has 1 atom stereocenters. The molecule has 3 N–H and O–H groups in total. The Hall–Kier alpha value is -1.64. The largest absolute Gasteiger partial charge is 0.396 e. The molecular weight excluding hydrogens is 400 g/mol. The standard InChI is InChI=1S/C22H40N4O3S/c1-7-23-22(25-16-20(12-13-27)14-17(2)3)24-15-19-8-10-21(11-9-19)30(28,29)26(6)18(4)5/h8-11,17-18,20,27H,7,12-16H2,1-6H3,(H2,23,24,25). The van der Waals surface area contributed by atoms with Gasteiger partial charge in [-0.05, 0) is 63.1 Å². The normalized spacial score (nSPS) is 13.9. The summed E-state index contributed by atoms with van der Waals surface area (Å²) in [4.78, 5) is 4.91. The van der Waals surface area contributed by atoms with Gasteiger partial charge in [0, 0.05) is 32.8 Å². The van der Waals surface area contributed by atoms with Crippen molar-refractivity contribution in [3.05, 3.63) is 29.8 Å².